The van der Waals surface area contributed by atoms with Crippen LogP contribution in [0, 0.1) is 0 Å². The maximum absolute atomic E-state index is 12.8. The number of anilines is 1. The predicted octanol–water partition coefficient (Wildman–Crippen LogP) is 2.83. The van der Waals surface area contributed by atoms with Crippen molar-refractivity contribution in [3.8, 4) is 5.75 Å². The molecule has 0 atom stereocenters. The molecule has 122 valence electrons. The molecule has 5 nitrogen and oxygen atoms in total. The molecule has 0 aliphatic carbocycles. The number of benzene rings is 1. The van der Waals surface area contributed by atoms with E-state index in [9.17, 15) is 8.42 Å². The van der Waals surface area contributed by atoms with Crippen LogP contribution in [0.25, 0.3) is 0 Å². The van der Waals surface area contributed by atoms with Crippen LogP contribution in [0.5, 0.6) is 5.75 Å². The van der Waals surface area contributed by atoms with Crippen LogP contribution in [-0.2, 0) is 10.0 Å². The Morgan fingerprint density at radius 1 is 1.14 bits per heavy atom. The van der Waals surface area contributed by atoms with Crippen LogP contribution in [-0.4, -0.2) is 38.0 Å². The fourth-order valence-corrected chi connectivity index (χ4v) is 4.51. The minimum atomic E-state index is -3.41. The molecule has 1 saturated heterocycles. The van der Waals surface area contributed by atoms with E-state index < -0.39 is 10.0 Å². The van der Waals surface area contributed by atoms with Crippen molar-refractivity contribution in [2.24, 2.45) is 0 Å². The lowest BCUT2D eigenvalue weighted by molar-refractivity contribution is 0.116. The van der Waals surface area contributed by atoms with E-state index in [2.05, 4.69) is 5.32 Å². The molecule has 2 aliphatic rings. The van der Waals surface area contributed by atoms with Crippen molar-refractivity contribution >= 4 is 15.7 Å². The summed E-state index contributed by atoms with van der Waals surface area (Å²) in [7, 11) is -3.41. The number of fused-ring (bicyclic) bond motifs is 1. The van der Waals surface area contributed by atoms with Gasteiger partial charge in [0.1, 0.15) is 11.4 Å². The Morgan fingerprint density at radius 3 is 2.50 bits per heavy atom. The predicted molar refractivity (Wildman–Crippen MR) is 86.9 cm³/mol. The minimum Gasteiger partial charge on any atom is -0.484 e. The van der Waals surface area contributed by atoms with Gasteiger partial charge in [-0.05, 0) is 44.9 Å². The van der Waals surface area contributed by atoms with E-state index in [4.69, 9.17) is 4.74 Å². The Balaban J connectivity index is 1.88. The van der Waals surface area contributed by atoms with Crippen molar-refractivity contribution in [1.29, 1.82) is 0 Å². The van der Waals surface area contributed by atoms with E-state index in [0.717, 1.165) is 31.4 Å². The van der Waals surface area contributed by atoms with Crippen molar-refractivity contribution in [2.75, 3.05) is 25.0 Å². The maximum atomic E-state index is 12.8. The largest absolute Gasteiger partial charge is 0.484 e. The molecule has 3 rings (SSSR count). The number of nitrogens with one attached hydrogen (secondary N) is 1. The Bertz CT molecular complexity index is 647. The van der Waals surface area contributed by atoms with E-state index in [1.54, 1.807) is 22.5 Å². The van der Waals surface area contributed by atoms with E-state index in [0.29, 0.717) is 30.3 Å². The van der Waals surface area contributed by atoms with Gasteiger partial charge in [-0.1, -0.05) is 12.8 Å². The van der Waals surface area contributed by atoms with Gasteiger partial charge in [0.05, 0.1) is 17.1 Å². The van der Waals surface area contributed by atoms with Gasteiger partial charge < -0.3 is 10.1 Å². The number of hydrogen-bond donors (Lipinski definition) is 1. The smallest absolute Gasteiger partial charge is 0.243 e. The summed E-state index contributed by atoms with van der Waals surface area (Å²) in [6, 6.07) is 5.11. The molecule has 22 heavy (non-hydrogen) atoms. The third-order valence-electron chi connectivity index (χ3n) is 4.24. The summed E-state index contributed by atoms with van der Waals surface area (Å²) in [6.07, 6.45) is 4.11. The maximum Gasteiger partial charge on any atom is 0.243 e. The molecule has 0 unspecified atom stereocenters. The highest BCUT2D eigenvalue weighted by Gasteiger charge is 2.29. The lowest BCUT2D eigenvalue weighted by atomic mass is 10.1. The third-order valence-corrected chi connectivity index (χ3v) is 6.14. The zero-order valence-corrected chi connectivity index (χ0v) is 14.1. The van der Waals surface area contributed by atoms with Crippen LogP contribution in [0.1, 0.15) is 39.5 Å². The number of hydrogen-bond acceptors (Lipinski definition) is 4. The quantitative estimate of drug-likeness (QED) is 0.909. The van der Waals surface area contributed by atoms with Crippen LogP contribution in [0.15, 0.2) is 23.1 Å². The molecule has 0 bridgehead atoms. The fraction of sp³-hybridized carbons (Fsp3) is 0.625. The van der Waals surface area contributed by atoms with Crippen LogP contribution < -0.4 is 10.1 Å². The first-order valence-electron chi connectivity index (χ1n) is 7.96. The summed E-state index contributed by atoms with van der Waals surface area (Å²) < 4.78 is 33.1. The standard InChI is InChI=1S/C16H24N2O3S/c1-16(2)12-17-14-11-13(7-8-15(14)21-16)22(19,20)18-9-5-3-4-6-10-18/h7-8,11,17H,3-6,9-10,12H2,1-2H3. The second-order valence-corrected chi connectivity index (χ2v) is 8.63. The molecule has 6 heteroatoms. The Morgan fingerprint density at radius 2 is 1.82 bits per heavy atom. The first kappa shape index (κ1) is 15.6. The van der Waals surface area contributed by atoms with Crippen molar-refractivity contribution in [2.45, 2.75) is 50.0 Å². The average molecular weight is 324 g/mol. The lowest BCUT2D eigenvalue weighted by Gasteiger charge is -2.33. The molecule has 2 aliphatic heterocycles. The van der Waals surface area contributed by atoms with E-state index in [-0.39, 0.29) is 5.60 Å². The normalized spacial score (nSPS) is 22.1. The van der Waals surface area contributed by atoms with Gasteiger partial charge in [0.25, 0.3) is 0 Å². The molecular weight excluding hydrogens is 300 g/mol. The number of nitrogens with zero attached hydrogens (tertiary/aromatic N) is 1. The van der Waals surface area contributed by atoms with E-state index in [1.807, 2.05) is 13.8 Å². The molecule has 2 heterocycles. The van der Waals surface area contributed by atoms with Gasteiger partial charge in [-0.2, -0.15) is 4.31 Å². The van der Waals surface area contributed by atoms with Gasteiger partial charge in [0, 0.05) is 13.1 Å². The van der Waals surface area contributed by atoms with Gasteiger partial charge in [0.15, 0.2) is 0 Å². The van der Waals surface area contributed by atoms with E-state index >= 15 is 0 Å². The number of rotatable bonds is 2. The van der Waals surface area contributed by atoms with Gasteiger partial charge in [-0.15, -0.1) is 0 Å². The first-order valence-corrected chi connectivity index (χ1v) is 9.40. The summed E-state index contributed by atoms with van der Waals surface area (Å²) in [5, 5.41) is 3.27. The topological polar surface area (TPSA) is 58.6 Å². The SMILES string of the molecule is CC1(C)CNc2cc(S(=O)(=O)N3CCCCCC3)ccc2O1. The highest BCUT2D eigenvalue weighted by atomic mass is 32.2. The van der Waals surface area contributed by atoms with Crippen LogP contribution >= 0.6 is 0 Å². The summed E-state index contributed by atoms with van der Waals surface area (Å²) in [6.45, 7) is 5.91. The van der Waals surface area contributed by atoms with Gasteiger partial charge >= 0.3 is 0 Å². The molecule has 1 aromatic rings. The highest BCUT2D eigenvalue weighted by Crippen LogP contribution is 2.35. The number of ether oxygens (including phenoxy) is 1. The van der Waals surface area contributed by atoms with E-state index in [1.165, 1.54) is 0 Å². The summed E-state index contributed by atoms with van der Waals surface area (Å²) in [5.74, 6) is 0.714. The van der Waals surface area contributed by atoms with Crippen molar-refractivity contribution in [3.63, 3.8) is 0 Å². The summed E-state index contributed by atoms with van der Waals surface area (Å²) >= 11 is 0. The highest BCUT2D eigenvalue weighted by molar-refractivity contribution is 7.89. The third kappa shape index (κ3) is 3.08. The lowest BCUT2D eigenvalue weighted by Crippen LogP contribution is -2.40. The Kier molecular flexibility index (Phi) is 4.07. The Labute approximate surface area is 132 Å². The summed E-state index contributed by atoms with van der Waals surface area (Å²) in [5.41, 5.74) is 0.480. The molecule has 0 amide bonds. The molecule has 1 aromatic carbocycles. The van der Waals surface area contributed by atoms with Crippen molar-refractivity contribution < 1.29 is 13.2 Å². The number of sulfonamides is 1. The Hall–Kier alpha value is -1.27. The second kappa shape index (κ2) is 5.74. The van der Waals surface area contributed by atoms with Crippen LogP contribution in [0.4, 0.5) is 5.69 Å². The fourth-order valence-electron chi connectivity index (χ4n) is 2.97. The zero-order chi connectivity index (χ0) is 15.8. The molecule has 0 radical (unpaired) electrons. The van der Waals surface area contributed by atoms with Gasteiger partial charge in [0.2, 0.25) is 10.0 Å². The molecular formula is C16H24N2O3S. The van der Waals surface area contributed by atoms with Crippen LogP contribution in [0.3, 0.4) is 0 Å². The average Bonchev–Trinajstić information content (AvgIpc) is 2.75. The zero-order valence-electron chi connectivity index (χ0n) is 13.3. The first-order chi connectivity index (χ1) is 10.4. The van der Waals surface area contributed by atoms with Gasteiger partial charge in [-0.25, -0.2) is 8.42 Å². The molecule has 1 N–H and O–H groups in total. The monoisotopic (exact) mass is 324 g/mol. The molecule has 0 aromatic heterocycles. The van der Waals surface area contributed by atoms with Crippen molar-refractivity contribution in [1.82, 2.24) is 4.31 Å². The molecule has 0 spiro atoms. The summed E-state index contributed by atoms with van der Waals surface area (Å²) in [4.78, 5) is 0.351. The van der Waals surface area contributed by atoms with Crippen molar-refractivity contribution in [3.05, 3.63) is 18.2 Å². The van der Waals surface area contributed by atoms with Crippen LogP contribution in [0.2, 0.25) is 0 Å². The second-order valence-electron chi connectivity index (χ2n) is 6.69. The molecule has 0 saturated carbocycles. The minimum absolute atomic E-state index is 0.280. The molecule has 1 fully saturated rings. The van der Waals surface area contributed by atoms with Gasteiger partial charge in [-0.3, -0.25) is 0 Å².